The first-order chi connectivity index (χ1) is 8.83. The zero-order valence-corrected chi connectivity index (χ0v) is 11.5. The summed E-state index contributed by atoms with van der Waals surface area (Å²) in [6.07, 6.45) is 3.89. The van der Waals surface area contributed by atoms with Gasteiger partial charge in [-0.1, -0.05) is 22.0 Å². The van der Waals surface area contributed by atoms with Crippen LogP contribution < -0.4 is 4.74 Å². The van der Waals surface area contributed by atoms with Gasteiger partial charge in [-0.2, -0.15) is 0 Å². The van der Waals surface area contributed by atoms with Gasteiger partial charge in [0.2, 0.25) is 5.88 Å². The van der Waals surface area contributed by atoms with Gasteiger partial charge in [-0.15, -0.1) is 0 Å². The van der Waals surface area contributed by atoms with E-state index in [9.17, 15) is 0 Å². The molecule has 1 aromatic carbocycles. The molecule has 0 saturated carbocycles. The van der Waals surface area contributed by atoms with Crippen molar-refractivity contribution in [1.82, 2.24) is 4.98 Å². The molecule has 18 heavy (non-hydrogen) atoms. The van der Waals surface area contributed by atoms with Gasteiger partial charge in [-0.25, -0.2) is 4.98 Å². The molecule has 0 amide bonds. The quantitative estimate of drug-likeness (QED) is 0.850. The number of hydrogen-bond donors (Lipinski definition) is 0. The number of rotatable bonds is 2. The van der Waals surface area contributed by atoms with Crippen LogP contribution in [0, 0.1) is 0 Å². The van der Waals surface area contributed by atoms with E-state index in [4.69, 9.17) is 9.47 Å². The second kappa shape index (κ2) is 5.24. The van der Waals surface area contributed by atoms with Crippen LogP contribution in [-0.4, -0.2) is 24.3 Å². The summed E-state index contributed by atoms with van der Waals surface area (Å²) in [5, 5.41) is 2.20. The molecule has 0 aliphatic carbocycles. The highest BCUT2D eigenvalue weighted by molar-refractivity contribution is 9.10. The summed E-state index contributed by atoms with van der Waals surface area (Å²) in [7, 11) is 0. The van der Waals surface area contributed by atoms with Crippen molar-refractivity contribution in [2.24, 2.45) is 0 Å². The van der Waals surface area contributed by atoms with Crippen LogP contribution in [0.3, 0.4) is 0 Å². The minimum atomic E-state index is 0.218. The Morgan fingerprint density at radius 3 is 2.89 bits per heavy atom. The summed E-state index contributed by atoms with van der Waals surface area (Å²) in [6.45, 7) is 1.55. The first-order valence-corrected chi connectivity index (χ1v) is 6.91. The van der Waals surface area contributed by atoms with Crippen molar-refractivity contribution in [2.75, 3.05) is 13.2 Å². The van der Waals surface area contributed by atoms with Gasteiger partial charge in [0.25, 0.3) is 0 Å². The van der Waals surface area contributed by atoms with Gasteiger partial charge < -0.3 is 9.47 Å². The van der Waals surface area contributed by atoms with Crippen molar-refractivity contribution >= 4 is 26.7 Å². The maximum Gasteiger partial charge on any atom is 0.221 e. The minimum absolute atomic E-state index is 0.218. The van der Waals surface area contributed by atoms with Crippen molar-refractivity contribution in [2.45, 2.75) is 18.9 Å². The zero-order chi connectivity index (χ0) is 12.4. The molecule has 4 heteroatoms. The molecule has 0 spiro atoms. The lowest BCUT2D eigenvalue weighted by atomic mass is 10.1. The maximum atomic E-state index is 6.01. The van der Waals surface area contributed by atoms with Crippen LogP contribution >= 0.6 is 15.9 Å². The first-order valence-electron chi connectivity index (χ1n) is 6.11. The lowest BCUT2D eigenvalue weighted by molar-refractivity contribution is 0.0244. The van der Waals surface area contributed by atoms with E-state index in [-0.39, 0.29) is 6.10 Å². The number of benzene rings is 1. The third kappa shape index (κ3) is 2.49. The molecular formula is C14H14BrNO2. The smallest absolute Gasteiger partial charge is 0.221 e. The normalized spacial score (nSPS) is 16.9. The number of aromatic nitrogens is 1. The number of halogens is 1. The monoisotopic (exact) mass is 307 g/mol. The molecule has 0 atom stereocenters. The van der Waals surface area contributed by atoms with E-state index in [0.29, 0.717) is 0 Å². The molecule has 1 aromatic heterocycles. The van der Waals surface area contributed by atoms with E-state index in [0.717, 1.165) is 47.2 Å². The van der Waals surface area contributed by atoms with Crippen LogP contribution in [0.2, 0.25) is 0 Å². The molecule has 3 rings (SSSR count). The predicted molar refractivity (Wildman–Crippen MR) is 73.9 cm³/mol. The molecule has 94 valence electrons. The molecule has 0 unspecified atom stereocenters. The topological polar surface area (TPSA) is 31.4 Å². The highest BCUT2D eigenvalue weighted by Crippen LogP contribution is 2.28. The predicted octanol–water partition coefficient (Wildman–Crippen LogP) is 3.56. The van der Waals surface area contributed by atoms with Gasteiger partial charge in [0, 0.05) is 28.9 Å². The van der Waals surface area contributed by atoms with Gasteiger partial charge in [0.05, 0.1) is 13.2 Å². The number of hydrogen-bond acceptors (Lipinski definition) is 3. The Labute approximate surface area is 114 Å². The maximum absolute atomic E-state index is 6.01. The molecular weight excluding hydrogens is 294 g/mol. The molecule has 1 aliphatic rings. The molecule has 3 nitrogen and oxygen atoms in total. The van der Waals surface area contributed by atoms with Crippen LogP contribution in [0.25, 0.3) is 10.8 Å². The molecule has 2 aromatic rings. The molecule has 1 saturated heterocycles. The number of pyridine rings is 1. The summed E-state index contributed by atoms with van der Waals surface area (Å²) < 4.78 is 12.4. The van der Waals surface area contributed by atoms with Crippen molar-refractivity contribution in [3.8, 4) is 5.88 Å². The number of fused-ring (bicyclic) bond motifs is 1. The lowest BCUT2D eigenvalue weighted by Gasteiger charge is -2.23. The fourth-order valence-corrected chi connectivity index (χ4v) is 2.52. The largest absolute Gasteiger partial charge is 0.474 e. The molecule has 0 N–H and O–H groups in total. The number of nitrogens with zero attached hydrogens (tertiary/aromatic N) is 1. The van der Waals surface area contributed by atoms with Crippen molar-refractivity contribution in [1.29, 1.82) is 0 Å². The van der Waals surface area contributed by atoms with Gasteiger partial charge in [-0.3, -0.25) is 0 Å². The minimum Gasteiger partial charge on any atom is -0.474 e. The Morgan fingerprint density at radius 2 is 2.06 bits per heavy atom. The van der Waals surface area contributed by atoms with E-state index in [1.54, 1.807) is 6.20 Å². The Kier molecular flexibility index (Phi) is 3.48. The summed E-state index contributed by atoms with van der Waals surface area (Å²) in [4.78, 5) is 4.36. The van der Waals surface area contributed by atoms with E-state index in [1.165, 1.54) is 0 Å². The third-order valence-corrected chi connectivity index (χ3v) is 3.63. The van der Waals surface area contributed by atoms with Gasteiger partial charge in [0.15, 0.2) is 0 Å². The van der Waals surface area contributed by atoms with Crippen LogP contribution in [0.1, 0.15) is 12.8 Å². The Balaban J connectivity index is 1.92. The second-order valence-electron chi connectivity index (χ2n) is 4.41. The summed E-state index contributed by atoms with van der Waals surface area (Å²) in [5.74, 6) is 0.723. The summed E-state index contributed by atoms with van der Waals surface area (Å²) in [6, 6.07) is 8.15. The van der Waals surface area contributed by atoms with E-state index in [2.05, 4.69) is 33.0 Å². The van der Waals surface area contributed by atoms with Crippen molar-refractivity contribution in [3.05, 3.63) is 34.9 Å². The molecule has 1 fully saturated rings. The average Bonchev–Trinajstić information content (AvgIpc) is 2.41. The second-order valence-corrected chi connectivity index (χ2v) is 5.33. The van der Waals surface area contributed by atoms with Gasteiger partial charge in [0.1, 0.15) is 6.10 Å². The van der Waals surface area contributed by atoms with Crippen LogP contribution in [0.15, 0.2) is 34.9 Å². The zero-order valence-electron chi connectivity index (χ0n) is 9.93. The van der Waals surface area contributed by atoms with E-state index in [1.807, 2.05) is 12.1 Å². The average molecular weight is 308 g/mol. The van der Waals surface area contributed by atoms with Crippen LogP contribution in [-0.2, 0) is 4.74 Å². The fourth-order valence-electron chi connectivity index (χ4n) is 2.16. The molecule has 1 aliphatic heterocycles. The number of ether oxygens (including phenoxy) is 2. The van der Waals surface area contributed by atoms with E-state index < -0.39 is 0 Å². The first kappa shape index (κ1) is 11.9. The fraction of sp³-hybridized carbons (Fsp3) is 0.357. The Bertz CT molecular complexity index is 552. The highest BCUT2D eigenvalue weighted by atomic mass is 79.9. The third-order valence-electron chi connectivity index (χ3n) is 3.14. The Hall–Kier alpha value is -1.13. The summed E-state index contributed by atoms with van der Waals surface area (Å²) in [5.41, 5.74) is 0. The Morgan fingerprint density at radius 1 is 1.22 bits per heavy atom. The van der Waals surface area contributed by atoms with E-state index >= 15 is 0 Å². The molecule has 0 bridgehead atoms. The molecule has 2 heterocycles. The SMILES string of the molecule is Brc1ccc2ccnc(OC3CCOCC3)c2c1. The highest BCUT2D eigenvalue weighted by Gasteiger charge is 2.17. The van der Waals surface area contributed by atoms with Crippen molar-refractivity contribution in [3.63, 3.8) is 0 Å². The lowest BCUT2D eigenvalue weighted by Crippen LogP contribution is -2.26. The van der Waals surface area contributed by atoms with Crippen LogP contribution in [0.5, 0.6) is 5.88 Å². The van der Waals surface area contributed by atoms with Gasteiger partial charge in [-0.05, 0) is 23.6 Å². The van der Waals surface area contributed by atoms with Crippen molar-refractivity contribution < 1.29 is 9.47 Å². The van der Waals surface area contributed by atoms with Crippen LogP contribution in [0.4, 0.5) is 0 Å². The standard InChI is InChI=1S/C14H14BrNO2/c15-11-2-1-10-3-6-16-14(13(10)9-11)18-12-4-7-17-8-5-12/h1-3,6,9,12H,4-5,7-8H2. The molecule has 0 radical (unpaired) electrons. The van der Waals surface area contributed by atoms with Gasteiger partial charge >= 0.3 is 0 Å². The summed E-state index contributed by atoms with van der Waals surface area (Å²) >= 11 is 3.49.